The van der Waals surface area contributed by atoms with Crippen molar-refractivity contribution in [2.75, 3.05) is 13.7 Å². The summed E-state index contributed by atoms with van der Waals surface area (Å²) in [5.41, 5.74) is 4.31. The quantitative estimate of drug-likeness (QED) is 0.141. The Morgan fingerprint density at radius 3 is 2.53 bits per heavy atom. The first-order valence-corrected chi connectivity index (χ1v) is 15.1. The molecule has 45 heavy (non-hydrogen) atoms. The Kier molecular flexibility index (Phi) is 9.61. The Bertz CT molecular complexity index is 1910. The Labute approximate surface area is 269 Å². The molecule has 0 saturated heterocycles. The highest BCUT2D eigenvalue weighted by atomic mass is 79.9. The van der Waals surface area contributed by atoms with Crippen LogP contribution in [-0.2, 0) is 29.0 Å². The molecule has 2 aromatic heterocycles. The molecule has 0 atom stereocenters. The molecule has 230 valence electrons. The molecule has 2 heterocycles. The molecule has 0 spiro atoms. The fourth-order valence-electron chi connectivity index (χ4n) is 4.77. The lowest BCUT2D eigenvalue weighted by molar-refractivity contribution is 0.00696. The van der Waals surface area contributed by atoms with E-state index in [4.69, 9.17) is 24.5 Å². The molecule has 5 rings (SSSR count). The number of hydrogen-bond donors (Lipinski definition) is 0. The number of carbonyl (C=O) groups is 1. The van der Waals surface area contributed by atoms with Crippen molar-refractivity contribution in [1.82, 2.24) is 14.5 Å². The second-order valence-corrected chi connectivity index (χ2v) is 12.3. The van der Waals surface area contributed by atoms with Crippen molar-refractivity contribution in [2.24, 2.45) is 0 Å². The van der Waals surface area contributed by atoms with E-state index in [1.54, 1.807) is 61.7 Å². The van der Waals surface area contributed by atoms with Crippen molar-refractivity contribution in [3.63, 3.8) is 0 Å². The molecule has 0 aliphatic heterocycles. The van der Waals surface area contributed by atoms with E-state index in [2.05, 4.69) is 27.0 Å². The lowest BCUT2D eigenvalue weighted by Gasteiger charge is -2.19. The number of esters is 1. The Hall–Kier alpha value is -4.59. The number of methoxy groups -OCH3 is 1. The third-order valence-electron chi connectivity index (χ3n) is 6.96. The molecule has 0 saturated carbocycles. The maximum absolute atomic E-state index is 15.6. The lowest BCUT2D eigenvalue weighted by atomic mass is 10.1. The summed E-state index contributed by atoms with van der Waals surface area (Å²) >= 11 is 3.47. The van der Waals surface area contributed by atoms with Crippen molar-refractivity contribution in [3.05, 3.63) is 111 Å². The molecule has 10 heteroatoms. The summed E-state index contributed by atoms with van der Waals surface area (Å²) in [4.78, 5) is 22.1. The van der Waals surface area contributed by atoms with Gasteiger partial charge in [0.25, 0.3) is 0 Å². The van der Waals surface area contributed by atoms with Gasteiger partial charge in [0.1, 0.15) is 23.8 Å². The topological polar surface area (TPSA) is 99.3 Å². The maximum Gasteiger partial charge on any atom is 0.338 e. The van der Waals surface area contributed by atoms with Crippen LogP contribution in [0.15, 0.2) is 77.3 Å². The zero-order valence-corrected chi connectivity index (χ0v) is 27.0. The van der Waals surface area contributed by atoms with Crippen LogP contribution in [0.3, 0.4) is 0 Å². The van der Waals surface area contributed by atoms with Gasteiger partial charge >= 0.3 is 5.97 Å². The molecule has 0 fully saturated rings. The van der Waals surface area contributed by atoms with Crippen molar-refractivity contribution >= 4 is 32.9 Å². The smallest absolute Gasteiger partial charge is 0.338 e. The van der Waals surface area contributed by atoms with Crippen LogP contribution in [-0.4, -0.2) is 39.8 Å². The number of rotatable bonds is 10. The SMILES string of the molecule is COCCn1c(Cc2ccc(-c3cccc(OCc4ccc(C#N)cc4Br)n3)cc2F)nc2ccc(C(=O)OC(C)(C)C)cc21. The second-order valence-electron chi connectivity index (χ2n) is 11.4. The molecule has 0 aliphatic carbocycles. The van der Waals surface area contributed by atoms with Crippen LogP contribution in [0.2, 0.25) is 0 Å². The standard InChI is InChI=1S/C35H32BrFN4O4/c1-35(2,3)45-34(42)25-12-13-30-31(18-25)41(14-15-43-4)32(39-30)19-23-10-11-24(17-28(23)37)29-6-5-7-33(40-29)44-21-26-9-8-22(20-38)16-27(26)36/h5-13,16-18H,14-15,19,21H2,1-4H3. The number of carbonyl (C=O) groups excluding carboxylic acids is 1. The number of benzene rings is 3. The highest BCUT2D eigenvalue weighted by Gasteiger charge is 2.20. The summed E-state index contributed by atoms with van der Waals surface area (Å²) < 4.78 is 35.0. The van der Waals surface area contributed by atoms with Crippen molar-refractivity contribution in [1.29, 1.82) is 5.26 Å². The van der Waals surface area contributed by atoms with Gasteiger partial charge in [-0.15, -0.1) is 0 Å². The maximum atomic E-state index is 15.6. The van der Waals surface area contributed by atoms with Crippen LogP contribution in [0.4, 0.5) is 4.39 Å². The summed E-state index contributed by atoms with van der Waals surface area (Å²) in [5.74, 6) is 0.239. The largest absolute Gasteiger partial charge is 0.473 e. The van der Waals surface area contributed by atoms with Crippen LogP contribution in [0.1, 0.15) is 53.6 Å². The fourth-order valence-corrected chi connectivity index (χ4v) is 5.26. The number of halogens is 2. The lowest BCUT2D eigenvalue weighted by Crippen LogP contribution is -2.23. The first-order valence-electron chi connectivity index (χ1n) is 14.3. The van der Waals surface area contributed by atoms with Gasteiger partial charge in [-0.25, -0.2) is 19.2 Å². The van der Waals surface area contributed by atoms with Crippen molar-refractivity contribution in [2.45, 2.75) is 45.9 Å². The van der Waals surface area contributed by atoms with Crippen molar-refractivity contribution < 1.29 is 23.4 Å². The molecule has 0 unspecified atom stereocenters. The van der Waals surface area contributed by atoms with Gasteiger partial charge < -0.3 is 18.8 Å². The summed E-state index contributed by atoms with van der Waals surface area (Å²) in [6.07, 6.45) is 0.238. The number of pyridine rings is 1. The molecule has 8 nitrogen and oxygen atoms in total. The molecular formula is C35H32BrFN4O4. The summed E-state index contributed by atoms with van der Waals surface area (Å²) in [6.45, 7) is 6.62. The van der Waals surface area contributed by atoms with E-state index in [0.717, 1.165) is 15.6 Å². The third kappa shape index (κ3) is 7.74. The second kappa shape index (κ2) is 13.6. The molecule has 5 aromatic rings. The average molecular weight is 672 g/mol. The number of fused-ring (bicyclic) bond motifs is 1. The van der Waals surface area contributed by atoms with E-state index in [-0.39, 0.29) is 18.8 Å². The van der Waals surface area contributed by atoms with E-state index < -0.39 is 11.6 Å². The number of imidazole rings is 1. The number of nitriles is 1. The van der Waals surface area contributed by atoms with Gasteiger partial charge in [-0.3, -0.25) is 0 Å². The first kappa shape index (κ1) is 31.8. The van der Waals surface area contributed by atoms with E-state index in [1.807, 2.05) is 37.5 Å². The highest BCUT2D eigenvalue weighted by molar-refractivity contribution is 9.10. The molecule has 0 bridgehead atoms. The zero-order chi connectivity index (χ0) is 32.1. The van der Waals surface area contributed by atoms with Gasteiger partial charge in [0.15, 0.2) is 0 Å². The van der Waals surface area contributed by atoms with Crippen LogP contribution in [0.25, 0.3) is 22.3 Å². The predicted octanol–water partition coefficient (Wildman–Crippen LogP) is 7.64. The van der Waals surface area contributed by atoms with Gasteiger partial charge in [0.05, 0.1) is 40.5 Å². The van der Waals surface area contributed by atoms with Crippen LogP contribution in [0, 0.1) is 17.1 Å². The zero-order valence-electron chi connectivity index (χ0n) is 25.4. The molecule has 0 aliphatic rings. The monoisotopic (exact) mass is 670 g/mol. The molecule has 0 N–H and O–H groups in total. The van der Waals surface area contributed by atoms with E-state index in [9.17, 15) is 4.79 Å². The number of ether oxygens (including phenoxy) is 3. The van der Waals surface area contributed by atoms with E-state index >= 15 is 4.39 Å². The predicted molar refractivity (Wildman–Crippen MR) is 172 cm³/mol. The summed E-state index contributed by atoms with van der Waals surface area (Å²) in [7, 11) is 1.61. The normalized spacial score (nSPS) is 11.4. The van der Waals surface area contributed by atoms with Crippen LogP contribution >= 0.6 is 15.9 Å². The van der Waals surface area contributed by atoms with Gasteiger partial charge in [0, 0.05) is 41.7 Å². The number of aromatic nitrogens is 3. The van der Waals surface area contributed by atoms with E-state index in [1.165, 1.54) is 6.07 Å². The average Bonchev–Trinajstić information content (AvgIpc) is 3.35. The van der Waals surface area contributed by atoms with Gasteiger partial charge in [-0.1, -0.05) is 40.2 Å². The minimum atomic E-state index is -0.620. The van der Waals surface area contributed by atoms with Gasteiger partial charge in [0.2, 0.25) is 5.88 Å². The first-order chi connectivity index (χ1) is 21.5. The van der Waals surface area contributed by atoms with Gasteiger partial charge in [-0.2, -0.15) is 5.26 Å². The molecule has 3 aromatic carbocycles. The summed E-state index contributed by atoms with van der Waals surface area (Å²) in [6, 6.07) is 23.0. The van der Waals surface area contributed by atoms with Gasteiger partial charge in [-0.05, 0) is 68.8 Å². The third-order valence-corrected chi connectivity index (χ3v) is 7.70. The van der Waals surface area contributed by atoms with Crippen LogP contribution in [0.5, 0.6) is 5.88 Å². The minimum Gasteiger partial charge on any atom is -0.473 e. The molecule has 0 amide bonds. The van der Waals surface area contributed by atoms with E-state index in [0.29, 0.717) is 58.3 Å². The molecular weight excluding hydrogens is 639 g/mol. The Morgan fingerprint density at radius 2 is 1.82 bits per heavy atom. The highest BCUT2D eigenvalue weighted by Crippen LogP contribution is 2.27. The summed E-state index contributed by atoms with van der Waals surface area (Å²) in [5, 5.41) is 9.08. The number of nitrogens with zero attached hydrogens (tertiary/aromatic N) is 4. The minimum absolute atomic E-state index is 0.238. The van der Waals surface area contributed by atoms with Crippen molar-refractivity contribution in [3.8, 4) is 23.2 Å². The fraction of sp³-hybridized carbons (Fsp3) is 0.257. The van der Waals surface area contributed by atoms with Crippen LogP contribution < -0.4 is 4.74 Å². The Morgan fingerprint density at radius 1 is 1.02 bits per heavy atom. The Balaban J connectivity index is 1.36. The number of hydrogen-bond acceptors (Lipinski definition) is 7. The molecule has 0 radical (unpaired) electrons.